The maximum Gasteiger partial charge on any atom is 0.160 e. The van der Waals surface area contributed by atoms with E-state index in [-0.39, 0.29) is 0 Å². The third kappa shape index (κ3) is 2.96. The van der Waals surface area contributed by atoms with Crippen molar-refractivity contribution in [3.8, 4) is 0 Å². The average molecular weight is 294 g/mol. The molecule has 3 rings (SSSR count). The van der Waals surface area contributed by atoms with Crippen molar-refractivity contribution >= 4 is 16.9 Å². The summed E-state index contributed by atoms with van der Waals surface area (Å²) in [5.41, 5.74) is 10.9. The van der Waals surface area contributed by atoms with Gasteiger partial charge in [-0.05, 0) is 42.7 Å². The number of benzene rings is 1. The fraction of sp³-hybridized carbons (Fsp3) is 0.333. The Balaban J connectivity index is 2.02. The van der Waals surface area contributed by atoms with Crippen molar-refractivity contribution in [1.29, 1.82) is 0 Å². The molecule has 0 spiro atoms. The second-order valence-corrected chi connectivity index (χ2v) is 5.81. The van der Waals surface area contributed by atoms with Gasteiger partial charge in [0.1, 0.15) is 11.3 Å². The van der Waals surface area contributed by atoms with Crippen LogP contribution in [0.2, 0.25) is 0 Å². The minimum atomic E-state index is 0.784. The second kappa shape index (κ2) is 6.18. The summed E-state index contributed by atoms with van der Waals surface area (Å²) in [7, 11) is 0. The van der Waals surface area contributed by atoms with Crippen LogP contribution in [0.1, 0.15) is 36.7 Å². The fourth-order valence-corrected chi connectivity index (χ4v) is 2.66. The molecular weight excluding hydrogens is 272 g/mol. The maximum atomic E-state index is 5.77. The van der Waals surface area contributed by atoms with Crippen LogP contribution in [-0.4, -0.2) is 14.5 Å². The van der Waals surface area contributed by atoms with E-state index in [4.69, 9.17) is 10.7 Å². The Bertz CT molecular complexity index is 772. The average Bonchev–Trinajstić information content (AvgIpc) is 2.84. The van der Waals surface area contributed by atoms with E-state index in [0.717, 1.165) is 54.0 Å². The van der Waals surface area contributed by atoms with Gasteiger partial charge < -0.3 is 10.3 Å². The van der Waals surface area contributed by atoms with Gasteiger partial charge in [0.15, 0.2) is 5.65 Å². The number of aromatic nitrogens is 3. The molecule has 2 aromatic heterocycles. The monoisotopic (exact) mass is 294 g/mol. The van der Waals surface area contributed by atoms with Crippen molar-refractivity contribution in [3.05, 3.63) is 53.5 Å². The highest BCUT2D eigenvalue weighted by atomic mass is 15.1. The fourth-order valence-electron chi connectivity index (χ4n) is 2.66. The number of unbranched alkanes of at least 4 members (excludes halogenated alkanes) is 1. The van der Waals surface area contributed by atoms with Gasteiger partial charge >= 0.3 is 0 Å². The first kappa shape index (κ1) is 14.6. The lowest BCUT2D eigenvalue weighted by Gasteiger charge is -2.09. The van der Waals surface area contributed by atoms with Gasteiger partial charge in [0, 0.05) is 18.3 Å². The number of aryl methyl sites for hydroxylation is 2. The Morgan fingerprint density at radius 3 is 2.68 bits per heavy atom. The van der Waals surface area contributed by atoms with Gasteiger partial charge in [-0.1, -0.05) is 25.5 Å². The number of nitrogen functional groups attached to an aromatic ring is 1. The molecule has 0 fully saturated rings. The molecule has 0 aliphatic rings. The summed E-state index contributed by atoms with van der Waals surface area (Å²) < 4.78 is 2.23. The molecule has 0 unspecified atom stereocenters. The first-order valence-corrected chi connectivity index (χ1v) is 7.83. The summed E-state index contributed by atoms with van der Waals surface area (Å²) in [4.78, 5) is 9.40. The summed E-state index contributed by atoms with van der Waals surface area (Å²) in [6, 6.07) is 10.1. The normalized spacial score (nSPS) is 11.2. The molecule has 0 saturated heterocycles. The van der Waals surface area contributed by atoms with Crippen LogP contribution in [0.3, 0.4) is 0 Å². The summed E-state index contributed by atoms with van der Waals surface area (Å²) in [5.74, 6) is 1.12. The third-order valence-corrected chi connectivity index (χ3v) is 3.88. The highest BCUT2D eigenvalue weighted by Gasteiger charge is 2.12. The first-order valence-electron chi connectivity index (χ1n) is 7.83. The van der Waals surface area contributed by atoms with Gasteiger partial charge in [-0.25, -0.2) is 9.97 Å². The predicted molar refractivity (Wildman–Crippen MR) is 90.8 cm³/mol. The predicted octanol–water partition coefficient (Wildman–Crippen LogP) is 3.71. The molecular formula is C18H22N4. The molecule has 22 heavy (non-hydrogen) atoms. The van der Waals surface area contributed by atoms with Crippen molar-refractivity contribution < 1.29 is 0 Å². The van der Waals surface area contributed by atoms with Crippen molar-refractivity contribution in [2.75, 3.05) is 5.73 Å². The van der Waals surface area contributed by atoms with Crippen LogP contribution in [-0.2, 0) is 13.0 Å². The number of pyridine rings is 1. The smallest absolute Gasteiger partial charge is 0.160 e. The molecule has 3 aromatic rings. The summed E-state index contributed by atoms with van der Waals surface area (Å²) in [6.45, 7) is 5.04. The number of hydrogen-bond donors (Lipinski definition) is 1. The standard InChI is InChI=1S/C18H22N4/c1-3-4-5-17-21-16-10-13(2)11-20-18(16)22(17)12-14-6-8-15(19)9-7-14/h6-11H,3-5,12,19H2,1-2H3. The molecule has 114 valence electrons. The Morgan fingerprint density at radius 1 is 1.18 bits per heavy atom. The van der Waals surface area contributed by atoms with Gasteiger partial charge in [-0.15, -0.1) is 0 Å². The highest BCUT2D eigenvalue weighted by molar-refractivity contribution is 5.72. The molecule has 0 amide bonds. The Kier molecular flexibility index (Phi) is 4.09. The zero-order valence-corrected chi connectivity index (χ0v) is 13.2. The van der Waals surface area contributed by atoms with E-state index >= 15 is 0 Å². The van der Waals surface area contributed by atoms with Crippen LogP contribution < -0.4 is 5.73 Å². The Hall–Kier alpha value is -2.36. The van der Waals surface area contributed by atoms with E-state index in [2.05, 4.69) is 41.6 Å². The third-order valence-electron chi connectivity index (χ3n) is 3.88. The molecule has 0 saturated carbocycles. The summed E-state index contributed by atoms with van der Waals surface area (Å²) >= 11 is 0. The molecule has 0 atom stereocenters. The topological polar surface area (TPSA) is 56.7 Å². The van der Waals surface area contributed by atoms with E-state index in [9.17, 15) is 0 Å². The zero-order valence-electron chi connectivity index (χ0n) is 13.2. The summed E-state index contributed by atoms with van der Waals surface area (Å²) in [5, 5.41) is 0. The zero-order chi connectivity index (χ0) is 15.5. The molecule has 0 radical (unpaired) electrons. The van der Waals surface area contributed by atoms with Gasteiger partial charge in [0.25, 0.3) is 0 Å². The van der Waals surface area contributed by atoms with Crippen LogP contribution >= 0.6 is 0 Å². The van der Waals surface area contributed by atoms with Crippen molar-refractivity contribution in [2.45, 2.75) is 39.7 Å². The van der Waals surface area contributed by atoms with Crippen LogP contribution in [0.4, 0.5) is 5.69 Å². The molecule has 1 aromatic carbocycles. The summed E-state index contributed by atoms with van der Waals surface area (Å²) in [6.07, 6.45) is 5.20. The largest absolute Gasteiger partial charge is 0.399 e. The van der Waals surface area contributed by atoms with Crippen LogP contribution in [0, 0.1) is 6.92 Å². The van der Waals surface area contributed by atoms with Crippen LogP contribution in [0.25, 0.3) is 11.2 Å². The molecule has 4 nitrogen and oxygen atoms in total. The minimum absolute atomic E-state index is 0.784. The number of nitrogens with zero attached hydrogens (tertiary/aromatic N) is 3. The van der Waals surface area contributed by atoms with E-state index in [1.807, 2.05) is 18.3 Å². The first-order chi connectivity index (χ1) is 10.7. The van der Waals surface area contributed by atoms with Crippen LogP contribution in [0.15, 0.2) is 36.5 Å². The number of hydrogen-bond acceptors (Lipinski definition) is 3. The van der Waals surface area contributed by atoms with E-state index in [0.29, 0.717) is 0 Å². The minimum Gasteiger partial charge on any atom is -0.399 e. The van der Waals surface area contributed by atoms with Gasteiger partial charge in [0.05, 0.1) is 6.54 Å². The van der Waals surface area contributed by atoms with E-state index in [1.165, 1.54) is 5.56 Å². The molecule has 4 heteroatoms. The lowest BCUT2D eigenvalue weighted by atomic mass is 10.2. The lowest BCUT2D eigenvalue weighted by Crippen LogP contribution is -2.06. The van der Waals surface area contributed by atoms with Gasteiger partial charge in [-0.3, -0.25) is 0 Å². The number of nitrogens with two attached hydrogens (primary N) is 1. The number of rotatable bonds is 5. The van der Waals surface area contributed by atoms with E-state index < -0.39 is 0 Å². The molecule has 2 heterocycles. The lowest BCUT2D eigenvalue weighted by molar-refractivity contribution is 0.686. The molecule has 0 bridgehead atoms. The van der Waals surface area contributed by atoms with Crippen molar-refractivity contribution in [2.24, 2.45) is 0 Å². The Labute approximate surface area is 131 Å². The van der Waals surface area contributed by atoms with Crippen LogP contribution in [0.5, 0.6) is 0 Å². The highest BCUT2D eigenvalue weighted by Crippen LogP contribution is 2.19. The van der Waals surface area contributed by atoms with Gasteiger partial charge in [-0.2, -0.15) is 0 Å². The number of fused-ring (bicyclic) bond motifs is 1. The molecule has 0 aliphatic heterocycles. The molecule has 0 aliphatic carbocycles. The second-order valence-electron chi connectivity index (χ2n) is 5.81. The SMILES string of the molecule is CCCCc1nc2cc(C)cnc2n1Cc1ccc(N)cc1. The van der Waals surface area contributed by atoms with Crippen molar-refractivity contribution in [3.63, 3.8) is 0 Å². The Morgan fingerprint density at radius 2 is 1.95 bits per heavy atom. The van der Waals surface area contributed by atoms with Crippen molar-refractivity contribution in [1.82, 2.24) is 14.5 Å². The van der Waals surface area contributed by atoms with Gasteiger partial charge in [0.2, 0.25) is 0 Å². The number of imidazole rings is 1. The number of anilines is 1. The van der Waals surface area contributed by atoms with E-state index in [1.54, 1.807) is 0 Å². The quantitative estimate of drug-likeness (QED) is 0.730. The molecule has 2 N–H and O–H groups in total. The maximum absolute atomic E-state index is 5.77.